The van der Waals surface area contributed by atoms with Crippen molar-refractivity contribution in [2.24, 2.45) is 0 Å². The van der Waals surface area contributed by atoms with Gasteiger partial charge in [-0.3, -0.25) is 0 Å². The minimum Gasteiger partial charge on any atom is -0.478 e. The van der Waals surface area contributed by atoms with E-state index in [-0.39, 0.29) is 12.1 Å². The highest BCUT2D eigenvalue weighted by molar-refractivity contribution is 6.03. The second kappa shape index (κ2) is 6.64. The summed E-state index contributed by atoms with van der Waals surface area (Å²) in [6.07, 6.45) is 4.29. The number of carbonyl (C=O) groups excluding carboxylic acids is 1. The minimum absolute atomic E-state index is 0.00340. The summed E-state index contributed by atoms with van der Waals surface area (Å²) in [6, 6.07) is 10.4. The fraction of sp³-hybridized carbons (Fsp3) is 0.500. The van der Waals surface area contributed by atoms with Gasteiger partial charge in [0, 0.05) is 36.4 Å². The zero-order valence-corrected chi connectivity index (χ0v) is 14.8. The first-order chi connectivity index (χ1) is 12.2. The third-order valence-electron chi connectivity index (χ3n) is 5.53. The normalized spacial score (nSPS) is 25.9. The lowest BCUT2D eigenvalue weighted by molar-refractivity contribution is -0.000306. The molecule has 1 unspecified atom stereocenters. The summed E-state index contributed by atoms with van der Waals surface area (Å²) in [7, 11) is 2.19. The molecule has 5 heteroatoms. The Morgan fingerprint density at radius 2 is 1.96 bits per heavy atom. The lowest BCUT2D eigenvalue weighted by Gasteiger charge is -2.35. The molecule has 0 spiro atoms. The van der Waals surface area contributed by atoms with Crippen LogP contribution in [0.5, 0.6) is 5.88 Å². The van der Waals surface area contributed by atoms with E-state index in [1.807, 2.05) is 31.2 Å². The molecule has 0 aliphatic carbocycles. The van der Waals surface area contributed by atoms with Gasteiger partial charge in [0.1, 0.15) is 6.10 Å². The fourth-order valence-electron chi connectivity index (χ4n) is 4.21. The maximum atomic E-state index is 12.9. The number of hydrogen-bond donors (Lipinski definition) is 0. The largest absolute Gasteiger partial charge is 0.478 e. The van der Waals surface area contributed by atoms with Crippen molar-refractivity contribution in [2.75, 3.05) is 13.7 Å². The quantitative estimate of drug-likeness (QED) is 0.798. The highest BCUT2D eigenvalue weighted by Gasteiger charge is 2.40. The maximum Gasteiger partial charge on any atom is 0.339 e. The van der Waals surface area contributed by atoms with Crippen LogP contribution >= 0.6 is 0 Å². The first-order valence-electron chi connectivity index (χ1n) is 9.11. The molecule has 2 saturated heterocycles. The standard InChI is InChI=1S/C20H24N2O3/c1-3-24-19-12-17(16-6-4-5-7-18(16)21-19)20(23)25-15-10-13-8-9-14(11-15)22(13)2/h4-7,12-15H,3,8-11H2,1-2H3/t13-,14+,15?. The van der Waals surface area contributed by atoms with Crippen LogP contribution in [0.25, 0.3) is 10.9 Å². The van der Waals surface area contributed by atoms with Crippen LogP contribution in [0.1, 0.15) is 43.0 Å². The van der Waals surface area contributed by atoms with Crippen LogP contribution in [0, 0.1) is 0 Å². The molecule has 2 aliphatic rings. The summed E-state index contributed by atoms with van der Waals surface area (Å²) in [5.74, 6) is 0.199. The molecule has 5 nitrogen and oxygen atoms in total. The van der Waals surface area contributed by atoms with Crippen molar-refractivity contribution >= 4 is 16.9 Å². The lowest BCUT2D eigenvalue weighted by atomic mass is 10.0. The summed E-state index contributed by atoms with van der Waals surface area (Å²) in [4.78, 5) is 19.8. The number of carbonyl (C=O) groups is 1. The van der Waals surface area contributed by atoms with Crippen molar-refractivity contribution in [3.05, 3.63) is 35.9 Å². The summed E-state index contributed by atoms with van der Waals surface area (Å²) in [6.45, 7) is 2.42. The Balaban J connectivity index is 1.59. The van der Waals surface area contributed by atoms with Crippen LogP contribution in [0.15, 0.2) is 30.3 Å². The van der Waals surface area contributed by atoms with E-state index < -0.39 is 0 Å². The topological polar surface area (TPSA) is 51.7 Å². The van der Waals surface area contributed by atoms with E-state index in [9.17, 15) is 4.79 Å². The third kappa shape index (κ3) is 3.09. The van der Waals surface area contributed by atoms with Gasteiger partial charge in [-0.05, 0) is 32.9 Å². The monoisotopic (exact) mass is 340 g/mol. The van der Waals surface area contributed by atoms with Gasteiger partial charge in [-0.15, -0.1) is 0 Å². The molecule has 0 saturated carbocycles. The van der Waals surface area contributed by atoms with Crippen LogP contribution in [0.4, 0.5) is 0 Å². The number of benzene rings is 1. The molecule has 2 fully saturated rings. The molecule has 1 aromatic heterocycles. The van der Waals surface area contributed by atoms with E-state index in [1.54, 1.807) is 6.07 Å². The van der Waals surface area contributed by atoms with Crippen molar-refractivity contribution in [1.29, 1.82) is 0 Å². The number of fused-ring (bicyclic) bond motifs is 3. The Kier molecular flexibility index (Phi) is 4.34. The van der Waals surface area contributed by atoms with E-state index in [0.29, 0.717) is 30.1 Å². The maximum absolute atomic E-state index is 12.9. The summed E-state index contributed by atoms with van der Waals surface area (Å²) in [5, 5.41) is 0.812. The molecular weight excluding hydrogens is 316 g/mol. The molecule has 0 N–H and O–H groups in total. The van der Waals surface area contributed by atoms with Gasteiger partial charge in [-0.2, -0.15) is 0 Å². The predicted octanol–water partition coefficient (Wildman–Crippen LogP) is 3.42. The lowest BCUT2D eigenvalue weighted by Crippen LogP contribution is -2.43. The summed E-state index contributed by atoms with van der Waals surface area (Å²) < 4.78 is 11.4. The number of rotatable bonds is 4. The molecule has 25 heavy (non-hydrogen) atoms. The van der Waals surface area contributed by atoms with Crippen LogP contribution < -0.4 is 4.74 Å². The number of nitrogens with zero attached hydrogens (tertiary/aromatic N) is 2. The SMILES string of the molecule is CCOc1cc(C(=O)OC2C[C@H]3CC[C@@H](C2)N3C)c2ccccc2n1. The van der Waals surface area contributed by atoms with E-state index in [2.05, 4.69) is 16.9 Å². The number of para-hydroxylation sites is 1. The second-order valence-electron chi connectivity index (χ2n) is 7.01. The van der Waals surface area contributed by atoms with E-state index in [0.717, 1.165) is 23.7 Å². The zero-order valence-electron chi connectivity index (χ0n) is 14.8. The second-order valence-corrected chi connectivity index (χ2v) is 7.01. The average molecular weight is 340 g/mol. The molecule has 4 rings (SSSR count). The molecule has 3 atom stereocenters. The van der Waals surface area contributed by atoms with Crippen molar-refractivity contribution in [1.82, 2.24) is 9.88 Å². The van der Waals surface area contributed by atoms with Gasteiger partial charge in [0.25, 0.3) is 0 Å². The molecule has 3 heterocycles. The number of pyridine rings is 1. The van der Waals surface area contributed by atoms with Gasteiger partial charge in [0.05, 0.1) is 17.7 Å². The van der Waals surface area contributed by atoms with Gasteiger partial charge >= 0.3 is 5.97 Å². The molecule has 2 aromatic rings. The molecular formula is C20H24N2O3. The number of piperidine rings is 1. The van der Waals surface area contributed by atoms with Crippen LogP contribution in [0.3, 0.4) is 0 Å². The Morgan fingerprint density at radius 1 is 1.24 bits per heavy atom. The molecule has 0 radical (unpaired) electrons. The van der Waals surface area contributed by atoms with Gasteiger partial charge in [-0.1, -0.05) is 18.2 Å². The van der Waals surface area contributed by atoms with Gasteiger partial charge in [0.2, 0.25) is 5.88 Å². The molecule has 1 aromatic carbocycles. The van der Waals surface area contributed by atoms with Crippen molar-refractivity contribution in [3.8, 4) is 5.88 Å². The first kappa shape index (κ1) is 16.3. The minimum atomic E-state index is -0.270. The Bertz CT molecular complexity index is 778. The average Bonchev–Trinajstić information content (AvgIpc) is 2.82. The molecule has 132 valence electrons. The Morgan fingerprint density at radius 3 is 2.68 bits per heavy atom. The van der Waals surface area contributed by atoms with Gasteiger partial charge < -0.3 is 14.4 Å². The van der Waals surface area contributed by atoms with E-state index >= 15 is 0 Å². The predicted molar refractivity (Wildman–Crippen MR) is 95.9 cm³/mol. The van der Waals surface area contributed by atoms with E-state index in [4.69, 9.17) is 9.47 Å². The highest BCUT2D eigenvalue weighted by Crippen LogP contribution is 2.36. The number of esters is 1. The fourth-order valence-corrected chi connectivity index (χ4v) is 4.21. The summed E-state index contributed by atoms with van der Waals surface area (Å²) >= 11 is 0. The summed E-state index contributed by atoms with van der Waals surface area (Å²) in [5.41, 5.74) is 1.30. The molecule has 2 bridgehead atoms. The van der Waals surface area contributed by atoms with Gasteiger partial charge in [-0.25, -0.2) is 9.78 Å². The number of aromatic nitrogens is 1. The smallest absolute Gasteiger partial charge is 0.339 e. The van der Waals surface area contributed by atoms with Gasteiger partial charge in [0.15, 0.2) is 0 Å². The van der Waals surface area contributed by atoms with Crippen LogP contribution in [0.2, 0.25) is 0 Å². The molecule has 2 aliphatic heterocycles. The first-order valence-corrected chi connectivity index (χ1v) is 9.11. The Hall–Kier alpha value is -2.14. The van der Waals surface area contributed by atoms with Crippen molar-refractivity contribution < 1.29 is 14.3 Å². The van der Waals surface area contributed by atoms with E-state index in [1.165, 1.54) is 12.8 Å². The number of hydrogen-bond acceptors (Lipinski definition) is 5. The zero-order chi connectivity index (χ0) is 17.4. The Labute approximate surface area is 147 Å². The van der Waals surface area contributed by atoms with Crippen LogP contribution in [-0.4, -0.2) is 47.7 Å². The van der Waals surface area contributed by atoms with Crippen LogP contribution in [-0.2, 0) is 4.74 Å². The molecule has 0 amide bonds. The van der Waals surface area contributed by atoms with Crippen molar-refractivity contribution in [2.45, 2.75) is 50.8 Å². The third-order valence-corrected chi connectivity index (χ3v) is 5.53. The highest BCUT2D eigenvalue weighted by atomic mass is 16.5. The van der Waals surface area contributed by atoms with Crippen molar-refractivity contribution in [3.63, 3.8) is 0 Å². The number of ether oxygens (including phenoxy) is 2.